The molecule has 0 aliphatic heterocycles. The van der Waals surface area contributed by atoms with Crippen molar-refractivity contribution in [1.82, 2.24) is 15.2 Å². The summed E-state index contributed by atoms with van der Waals surface area (Å²) in [5.74, 6) is -0.338. The fourth-order valence-corrected chi connectivity index (χ4v) is 2.35. The van der Waals surface area contributed by atoms with Gasteiger partial charge in [-0.15, -0.1) is 10.2 Å². The number of nitrogens with one attached hydrogen (secondary N) is 1. The number of nitrogens with zero attached hydrogens (tertiary/aromatic N) is 3. The molecule has 0 fully saturated rings. The monoisotopic (exact) mass is 285 g/mol. The van der Waals surface area contributed by atoms with E-state index in [1.54, 1.807) is 6.07 Å². The second-order valence-corrected chi connectivity index (χ2v) is 5.24. The smallest absolute Gasteiger partial charge is 0.286 e. The second-order valence-electron chi connectivity index (χ2n) is 4.23. The maximum Gasteiger partial charge on any atom is 0.286 e. The number of nitrogens with two attached hydrogens (primary N) is 1. The van der Waals surface area contributed by atoms with Gasteiger partial charge < -0.3 is 11.1 Å². The second kappa shape index (κ2) is 4.86. The standard InChI is InChI=1S/C13H11N5OS/c1-7-5-6-8-3-2-4-9(10(8)15-7)16-11(19)12-17-18-13(14)20-12/h2-6H,1H3,(H2,14,18)(H,16,19). The minimum atomic E-state index is -0.338. The van der Waals surface area contributed by atoms with E-state index in [1.807, 2.05) is 31.2 Å². The molecule has 1 aromatic carbocycles. The van der Waals surface area contributed by atoms with Gasteiger partial charge in [0.25, 0.3) is 5.91 Å². The Hall–Kier alpha value is -2.54. The van der Waals surface area contributed by atoms with E-state index in [0.29, 0.717) is 5.69 Å². The summed E-state index contributed by atoms with van der Waals surface area (Å²) < 4.78 is 0. The van der Waals surface area contributed by atoms with Gasteiger partial charge in [-0.3, -0.25) is 9.78 Å². The predicted octanol–water partition coefficient (Wildman–Crippen LogP) is 2.23. The first-order valence-corrected chi connectivity index (χ1v) is 6.72. The number of carbonyl (C=O) groups excluding carboxylic acids is 1. The van der Waals surface area contributed by atoms with Gasteiger partial charge in [0.1, 0.15) is 0 Å². The molecule has 3 aromatic rings. The molecule has 0 spiro atoms. The molecule has 0 aliphatic carbocycles. The predicted molar refractivity (Wildman–Crippen MR) is 78.8 cm³/mol. The number of rotatable bonds is 2. The summed E-state index contributed by atoms with van der Waals surface area (Å²) in [5, 5.41) is 11.6. The van der Waals surface area contributed by atoms with Crippen molar-refractivity contribution >= 4 is 39.0 Å². The molecule has 0 bridgehead atoms. The highest BCUT2D eigenvalue weighted by Crippen LogP contribution is 2.23. The quantitative estimate of drug-likeness (QED) is 0.753. The van der Waals surface area contributed by atoms with Crippen molar-refractivity contribution in [3.63, 3.8) is 0 Å². The topological polar surface area (TPSA) is 93.8 Å². The Morgan fingerprint density at radius 2 is 2.10 bits per heavy atom. The molecule has 6 nitrogen and oxygen atoms in total. The lowest BCUT2D eigenvalue weighted by atomic mass is 10.1. The highest BCUT2D eigenvalue weighted by molar-refractivity contribution is 7.17. The maximum atomic E-state index is 12.1. The SMILES string of the molecule is Cc1ccc2cccc(NC(=O)c3nnc(N)s3)c2n1. The van der Waals surface area contributed by atoms with E-state index in [2.05, 4.69) is 20.5 Å². The molecule has 7 heteroatoms. The lowest BCUT2D eigenvalue weighted by Gasteiger charge is -2.07. The number of fused-ring (bicyclic) bond motifs is 1. The highest BCUT2D eigenvalue weighted by Gasteiger charge is 2.13. The Morgan fingerprint density at radius 3 is 2.85 bits per heavy atom. The number of pyridine rings is 1. The van der Waals surface area contributed by atoms with Crippen molar-refractivity contribution in [2.24, 2.45) is 0 Å². The fourth-order valence-electron chi connectivity index (χ4n) is 1.85. The van der Waals surface area contributed by atoms with E-state index in [1.165, 1.54) is 0 Å². The number of hydrogen-bond donors (Lipinski definition) is 2. The molecule has 0 atom stereocenters. The van der Waals surface area contributed by atoms with Crippen LogP contribution in [0.5, 0.6) is 0 Å². The lowest BCUT2D eigenvalue weighted by molar-refractivity contribution is 0.102. The summed E-state index contributed by atoms with van der Waals surface area (Å²) in [6.45, 7) is 1.91. The van der Waals surface area contributed by atoms with E-state index in [0.717, 1.165) is 27.9 Å². The first-order chi connectivity index (χ1) is 9.63. The Labute approximate surface area is 118 Å². The average molecular weight is 285 g/mol. The van der Waals surface area contributed by atoms with Gasteiger partial charge in [0, 0.05) is 11.1 Å². The van der Waals surface area contributed by atoms with Crippen LogP contribution in [0.2, 0.25) is 0 Å². The molecule has 0 aliphatic rings. The third kappa shape index (κ3) is 2.30. The summed E-state index contributed by atoms with van der Waals surface area (Å²) >= 11 is 1.05. The summed E-state index contributed by atoms with van der Waals surface area (Å²) in [7, 11) is 0. The largest absolute Gasteiger partial charge is 0.374 e. The van der Waals surface area contributed by atoms with Crippen LogP contribution in [-0.2, 0) is 0 Å². The maximum absolute atomic E-state index is 12.1. The molecule has 0 unspecified atom stereocenters. The summed E-state index contributed by atoms with van der Waals surface area (Å²) in [6.07, 6.45) is 0. The van der Waals surface area contributed by atoms with Gasteiger partial charge in [0.05, 0.1) is 11.2 Å². The third-order valence-electron chi connectivity index (χ3n) is 2.74. The average Bonchev–Trinajstić information content (AvgIpc) is 2.86. The Bertz CT molecular complexity index is 798. The fraction of sp³-hybridized carbons (Fsp3) is 0.0769. The zero-order valence-corrected chi connectivity index (χ0v) is 11.4. The minimum absolute atomic E-state index is 0.229. The van der Waals surface area contributed by atoms with E-state index in [9.17, 15) is 4.79 Å². The van der Waals surface area contributed by atoms with E-state index in [4.69, 9.17) is 5.73 Å². The molecular weight excluding hydrogens is 274 g/mol. The summed E-state index contributed by atoms with van der Waals surface area (Å²) in [4.78, 5) is 16.5. The van der Waals surface area contributed by atoms with Crippen molar-refractivity contribution < 1.29 is 4.79 Å². The van der Waals surface area contributed by atoms with Crippen molar-refractivity contribution in [2.45, 2.75) is 6.92 Å². The molecule has 3 rings (SSSR count). The van der Waals surface area contributed by atoms with Gasteiger partial charge in [0.2, 0.25) is 10.1 Å². The molecule has 0 saturated heterocycles. The van der Waals surface area contributed by atoms with Crippen LogP contribution >= 0.6 is 11.3 Å². The van der Waals surface area contributed by atoms with Crippen molar-refractivity contribution in [3.05, 3.63) is 41.0 Å². The van der Waals surface area contributed by atoms with Gasteiger partial charge in [0.15, 0.2) is 0 Å². The van der Waals surface area contributed by atoms with Crippen molar-refractivity contribution in [2.75, 3.05) is 11.1 Å². The van der Waals surface area contributed by atoms with Crippen molar-refractivity contribution in [3.8, 4) is 0 Å². The van der Waals surface area contributed by atoms with Crippen LogP contribution in [-0.4, -0.2) is 21.1 Å². The summed E-state index contributed by atoms with van der Waals surface area (Å²) in [6, 6.07) is 9.51. The number of para-hydroxylation sites is 1. The zero-order chi connectivity index (χ0) is 14.1. The zero-order valence-electron chi connectivity index (χ0n) is 10.6. The van der Waals surface area contributed by atoms with Crippen LogP contribution < -0.4 is 11.1 Å². The molecular formula is C13H11N5OS. The number of hydrogen-bond acceptors (Lipinski definition) is 6. The number of amides is 1. The third-order valence-corrected chi connectivity index (χ3v) is 3.49. The highest BCUT2D eigenvalue weighted by atomic mass is 32.1. The number of aromatic nitrogens is 3. The molecule has 0 saturated carbocycles. The molecule has 3 N–H and O–H groups in total. The molecule has 100 valence electrons. The van der Waals surface area contributed by atoms with Gasteiger partial charge >= 0.3 is 0 Å². The molecule has 1 amide bonds. The van der Waals surface area contributed by atoms with Gasteiger partial charge in [-0.25, -0.2) is 0 Å². The normalized spacial score (nSPS) is 10.7. The number of benzene rings is 1. The van der Waals surface area contributed by atoms with E-state index in [-0.39, 0.29) is 16.0 Å². The molecule has 0 radical (unpaired) electrons. The van der Waals surface area contributed by atoms with Crippen LogP contribution in [0, 0.1) is 6.92 Å². The minimum Gasteiger partial charge on any atom is -0.374 e. The summed E-state index contributed by atoms with van der Waals surface area (Å²) in [5.41, 5.74) is 7.75. The number of nitrogen functional groups attached to an aromatic ring is 1. The van der Waals surface area contributed by atoms with Crippen LogP contribution in [0.15, 0.2) is 30.3 Å². The van der Waals surface area contributed by atoms with Crippen LogP contribution in [0.3, 0.4) is 0 Å². The van der Waals surface area contributed by atoms with Gasteiger partial charge in [-0.05, 0) is 19.1 Å². The molecule has 20 heavy (non-hydrogen) atoms. The first kappa shape index (κ1) is 12.5. The van der Waals surface area contributed by atoms with Gasteiger partial charge in [-0.2, -0.15) is 0 Å². The number of carbonyl (C=O) groups is 1. The Morgan fingerprint density at radius 1 is 1.25 bits per heavy atom. The number of anilines is 2. The lowest BCUT2D eigenvalue weighted by Crippen LogP contribution is -2.12. The Kier molecular flexibility index (Phi) is 3.03. The molecule has 2 heterocycles. The van der Waals surface area contributed by atoms with E-state index < -0.39 is 0 Å². The van der Waals surface area contributed by atoms with Crippen molar-refractivity contribution in [1.29, 1.82) is 0 Å². The van der Waals surface area contributed by atoms with Crippen LogP contribution in [0.4, 0.5) is 10.8 Å². The molecule has 2 aromatic heterocycles. The Balaban J connectivity index is 1.98. The van der Waals surface area contributed by atoms with Gasteiger partial charge in [-0.1, -0.05) is 29.5 Å². The number of aryl methyl sites for hydroxylation is 1. The first-order valence-electron chi connectivity index (χ1n) is 5.90. The van der Waals surface area contributed by atoms with Crippen LogP contribution in [0.1, 0.15) is 15.5 Å². The van der Waals surface area contributed by atoms with Crippen LogP contribution in [0.25, 0.3) is 10.9 Å². The van der Waals surface area contributed by atoms with E-state index >= 15 is 0 Å².